The number of rotatable bonds is 7. The highest BCUT2D eigenvalue weighted by Gasteiger charge is 2.12. The predicted octanol–water partition coefficient (Wildman–Crippen LogP) is 2.57. The van der Waals surface area contributed by atoms with Crippen LogP contribution in [0.5, 0.6) is 0 Å². The van der Waals surface area contributed by atoms with E-state index in [-0.39, 0.29) is 0 Å². The Kier molecular flexibility index (Phi) is 6.02. The molecule has 3 aromatic carbocycles. The number of hydrogen-bond donors (Lipinski definition) is 2. The molecule has 2 N–H and O–H groups in total. The lowest BCUT2D eigenvalue weighted by Crippen LogP contribution is -2.29. The van der Waals surface area contributed by atoms with Gasteiger partial charge in [0.1, 0.15) is 0 Å². The van der Waals surface area contributed by atoms with Crippen molar-refractivity contribution < 1.29 is 10.0 Å². The molecule has 0 saturated heterocycles. The zero-order chi connectivity index (χ0) is 17.5. The van der Waals surface area contributed by atoms with Crippen molar-refractivity contribution in [2.75, 3.05) is 0 Å². The largest absolute Gasteiger partial charge is 0.488 e. The monoisotopic (exact) mass is 331 g/mol. The molecule has 0 aliphatic heterocycles. The molecule has 0 aliphatic carbocycles. The summed E-state index contributed by atoms with van der Waals surface area (Å²) in [6, 6.07) is 28.3. The molecule has 25 heavy (non-hydrogen) atoms. The van der Waals surface area contributed by atoms with Crippen molar-refractivity contribution in [3.05, 3.63) is 102 Å². The highest BCUT2D eigenvalue weighted by atomic mass is 16.4. The van der Waals surface area contributed by atoms with E-state index in [1.807, 2.05) is 24.3 Å². The van der Waals surface area contributed by atoms with Crippen LogP contribution < -0.4 is 5.46 Å². The average Bonchev–Trinajstić information content (AvgIpc) is 2.64. The molecule has 126 valence electrons. The quantitative estimate of drug-likeness (QED) is 0.654. The highest BCUT2D eigenvalue weighted by Crippen LogP contribution is 2.14. The van der Waals surface area contributed by atoms with E-state index in [1.165, 1.54) is 11.1 Å². The molecule has 0 radical (unpaired) electrons. The SMILES string of the molecule is OB(O)c1ccc(CN(Cc2ccccc2)Cc2ccccc2)cc1. The predicted molar refractivity (Wildman–Crippen MR) is 102 cm³/mol. The Balaban J connectivity index is 1.75. The first kappa shape index (κ1) is 17.4. The van der Waals surface area contributed by atoms with Gasteiger partial charge in [0.05, 0.1) is 0 Å². The smallest absolute Gasteiger partial charge is 0.423 e. The van der Waals surface area contributed by atoms with E-state index < -0.39 is 7.12 Å². The van der Waals surface area contributed by atoms with Crippen molar-refractivity contribution >= 4 is 12.6 Å². The summed E-state index contributed by atoms with van der Waals surface area (Å²) in [6.07, 6.45) is 0. The maximum atomic E-state index is 9.23. The summed E-state index contributed by atoms with van der Waals surface area (Å²) < 4.78 is 0. The summed E-state index contributed by atoms with van der Waals surface area (Å²) in [5.74, 6) is 0. The molecular weight excluding hydrogens is 309 g/mol. The molecule has 3 rings (SSSR count). The Morgan fingerprint density at radius 1 is 0.560 bits per heavy atom. The second-order valence-corrected chi connectivity index (χ2v) is 6.23. The standard InChI is InChI=1S/C21H22BNO2/c24-22(25)21-13-11-20(12-14-21)17-23(15-18-7-3-1-4-8-18)16-19-9-5-2-6-10-19/h1-14,24-25H,15-17H2. The summed E-state index contributed by atoms with van der Waals surface area (Å²) in [5, 5.41) is 18.5. The fourth-order valence-electron chi connectivity index (χ4n) is 2.90. The lowest BCUT2D eigenvalue weighted by atomic mass is 9.80. The molecule has 0 bridgehead atoms. The van der Waals surface area contributed by atoms with E-state index >= 15 is 0 Å². The lowest BCUT2D eigenvalue weighted by Gasteiger charge is -2.23. The Hall–Kier alpha value is -2.40. The van der Waals surface area contributed by atoms with Gasteiger partial charge in [0.25, 0.3) is 0 Å². The van der Waals surface area contributed by atoms with Gasteiger partial charge < -0.3 is 10.0 Å². The lowest BCUT2D eigenvalue weighted by molar-refractivity contribution is 0.248. The van der Waals surface area contributed by atoms with E-state index in [9.17, 15) is 10.0 Å². The van der Waals surface area contributed by atoms with Gasteiger partial charge in [-0.05, 0) is 22.2 Å². The molecule has 0 unspecified atom stereocenters. The average molecular weight is 331 g/mol. The molecule has 0 fully saturated rings. The van der Waals surface area contributed by atoms with Gasteiger partial charge in [0, 0.05) is 19.6 Å². The van der Waals surface area contributed by atoms with Gasteiger partial charge in [0.15, 0.2) is 0 Å². The van der Waals surface area contributed by atoms with Crippen LogP contribution in [0.25, 0.3) is 0 Å². The third-order valence-electron chi connectivity index (χ3n) is 4.18. The zero-order valence-electron chi connectivity index (χ0n) is 14.1. The van der Waals surface area contributed by atoms with Crippen LogP contribution in [-0.2, 0) is 19.6 Å². The van der Waals surface area contributed by atoms with Gasteiger partial charge in [0.2, 0.25) is 0 Å². The van der Waals surface area contributed by atoms with Crippen LogP contribution >= 0.6 is 0 Å². The third-order valence-corrected chi connectivity index (χ3v) is 4.18. The Morgan fingerprint density at radius 3 is 1.36 bits per heavy atom. The Morgan fingerprint density at radius 2 is 0.960 bits per heavy atom. The van der Waals surface area contributed by atoms with Crippen molar-refractivity contribution in [3.8, 4) is 0 Å². The van der Waals surface area contributed by atoms with Crippen LogP contribution in [0, 0.1) is 0 Å². The number of hydrogen-bond acceptors (Lipinski definition) is 3. The van der Waals surface area contributed by atoms with Crippen molar-refractivity contribution in [3.63, 3.8) is 0 Å². The molecule has 4 heteroatoms. The molecule has 0 saturated carbocycles. The topological polar surface area (TPSA) is 43.7 Å². The van der Waals surface area contributed by atoms with Crippen molar-refractivity contribution in [1.82, 2.24) is 4.90 Å². The fraction of sp³-hybridized carbons (Fsp3) is 0.143. The van der Waals surface area contributed by atoms with Gasteiger partial charge in [-0.2, -0.15) is 0 Å². The molecule has 0 spiro atoms. The van der Waals surface area contributed by atoms with Gasteiger partial charge in [-0.15, -0.1) is 0 Å². The number of nitrogens with zero attached hydrogens (tertiary/aromatic N) is 1. The molecular formula is C21H22BNO2. The molecule has 3 aromatic rings. The summed E-state index contributed by atoms with van der Waals surface area (Å²) in [4.78, 5) is 2.38. The van der Waals surface area contributed by atoms with Crippen molar-refractivity contribution in [1.29, 1.82) is 0 Å². The molecule has 0 aliphatic rings. The second-order valence-electron chi connectivity index (χ2n) is 6.23. The van der Waals surface area contributed by atoms with Gasteiger partial charge in [-0.3, -0.25) is 4.90 Å². The van der Waals surface area contributed by atoms with Crippen LogP contribution in [0.2, 0.25) is 0 Å². The molecule has 0 heterocycles. The van der Waals surface area contributed by atoms with Crippen LogP contribution in [0.4, 0.5) is 0 Å². The Labute approximate surface area is 149 Å². The summed E-state index contributed by atoms with van der Waals surface area (Å²) in [6.45, 7) is 2.52. The maximum Gasteiger partial charge on any atom is 0.488 e. The maximum absolute atomic E-state index is 9.23. The van der Waals surface area contributed by atoms with Crippen LogP contribution in [0.3, 0.4) is 0 Å². The first-order valence-electron chi connectivity index (χ1n) is 8.46. The third kappa shape index (κ3) is 5.29. The summed E-state index contributed by atoms with van der Waals surface area (Å²) in [5.41, 5.74) is 4.22. The van der Waals surface area contributed by atoms with E-state index in [0.29, 0.717) is 5.46 Å². The minimum atomic E-state index is -1.42. The zero-order valence-corrected chi connectivity index (χ0v) is 14.1. The van der Waals surface area contributed by atoms with Gasteiger partial charge in [-0.1, -0.05) is 84.9 Å². The van der Waals surface area contributed by atoms with Crippen LogP contribution in [0.15, 0.2) is 84.9 Å². The van der Waals surface area contributed by atoms with E-state index in [1.54, 1.807) is 12.1 Å². The molecule has 0 aromatic heterocycles. The molecule has 0 amide bonds. The first-order chi connectivity index (χ1) is 12.2. The fourth-order valence-corrected chi connectivity index (χ4v) is 2.90. The first-order valence-corrected chi connectivity index (χ1v) is 8.46. The molecule has 0 atom stereocenters. The summed E-state index contributed by atoms with van der Waals surface area (Å²) >= 11 is 0. The van der Waals surface area contributed by atoms with E-state index in [2.05, 4.69) is 53.4 Å². The highest BCUT2D eigenvalue weighted by molar-refractivity contribution is 6.58. The number of benzene rings is 3. The van der Waals surface area contributed by atoms with E-state index in [0.717, 1.165) is 25.2 Å². The van der Waals surface area contributed by atoms with E-state index in [4.69, 9.17) is 0 Å². The molecule has 3 nitrogen and oxygen atoms in total. The van der Waals surface area contributed by atoms with Crippen LogP contribution in [0.1, 0.15) is 16.7 Å². The normalized spacial score (nSPS) is 10.8. The minimum Gasteiger partial charge on any atom is -0.423 e. The summed E-state index contributed by atoms with van der Waals surface area (Å²) in [7, 11) is -1.42. The second kappa shape index (κ2) is 8.63. The van der Waals surface area contributed by atoms with Crippen molar-refractivity contribution in [2.45, 2.75) is 19.6 Å². The van der Waals surface area contributed by atoms with Gasteiger partial charge >= 0.3 is 7.12 Å². The van der Waals surface area contributed by atoms with Crippen molar-refractivity contribution in [2.24, 2.45) is 0 Å². The van der Waals surface area contributed by atoms with Gasteiger partial charge in [-0.25, -0.2) is 0 Å². The Bertz CT molecular complexity index is 719. The minimum absolute atomic E-state index is 0.515. The van der Waals surface area contributed by atoms with Crippen LogP contribution in [-0.4, -0.2) is 22.1 Å².